The molecule has 4 rings (SSSR count). The number of rotatable bonds is 5. The lowest BCUT2D eigenvalue weighted by molar-refractivity contribution is 0.0946. The van der Waals surface area contributed by atoms with Crippen LogP contribution < -0.4 is 10.6 Å². The topological polar surface area (TPSA) is 79.8 Å². The van der Waals surface area contributed by atoms with E-state index >= 15 is 0 Å². The fourth-order valence-corrected chi connectivity index (χ4v) is 2.87. The number of nitrogens with one attached hydrogen (secondary N) is 2. The molecule has 4 aromatic rings. The fourth-order valence-electron chi connectivity index (χ4n) is 2.87. The summed E-state index contributed by atoms with van der Waals surface area (Å²) >= 11 is 0. The first-order valence-corrected chi connectivity index (χ1v) is 8.95. The number of para-hydroxylation sites is 1. The maximum atomic E-state index is 12.5. The zero-order chi connectivity index (χ0) is 19.3. The Balaban J connectivity index is 1.49. The van der Waals surface area contributed by atoms with Gasteiger partial charge in [0.05, 0.1) is 11.2 Å². The first kappa shape index (κ1) is 17.6. The Morgan fingerprint density at radius 3 is 2.64 bits per heavy atom. The Labute approximate surface area is 162 Å². The van der Waals surface area contributed by atoms with Gasteiger partial charge in [-0.1, -0.05) is 48.0 Å². The zero-order valence-corrected chi connectivity index (χ0v) is 15.4. The van der Waals surface area contributed by atoms with Crippen LogP contribution in [-0.2, 0) is 6.54 Å². The molecule has 0 saturated carbocycles. The largest absolute Gasteiger partial charge is 0.347 e. The highest BCUT2D eigenvalue weighted by molar-refractivity contribution is 5.94. The monoisotopic (exact) mass is 369 g/mol. The lowest BCUT2D eigenvalue weighted by Crippen LogP contribution is -2.24. The lowest BCUT2D eigenvalue weighted by Gasteiger charge is -2.09. The molecule has 2 aromatic carbocycles. The minimum Gasteiger partial charge on any atom is -0.347 e. The molecule has 2 N–H and O–H groups in total. The van der Waals surface area contributed by atoms with Gasteiger partial charge < -0.3 is 10.6 Å². The number of pyridine rings is 1. The van der Waals surface area contributed by atoms with Gasteiger partial charge in [0.1, 0.15) is 17.8 Å². The third-order valence-corrected chi connectivity index (χ3v) is 4.37. The van der Waals surface area contributed by atoms with Gasteiger partial charge in [0.2, 0.25) is 0 Å². The number of aryl methyl sites for hydroxylation is 1. The molecule has 0 fully saturated rings. The normalized spacial score (nSPS) is 10.6. The second-order valence-corrected chi connectivity index (χ2v) is 6.46. The van der Waals surface area contributed by atoms with Gasteiger partial charge in [-0.15, -0.1) is 0 Å². The molecule has 0 aliphatic rings. The number of amides is 1. The molecule has 2 aromatic heterocycles. The van der Waals surface area contributed by atoms with Crippen LogP contribution in [0.15, 0.2) is 73.2 Å². The van der Waals surface area contributed by atoms with Gasteiger partial charge in [0.15, 0.2) is 0 Å². The van der Waals surface area contributed by atoms with Crippen LogP contribution >= 0.6 is 0 Å². The van der Waals surface area contributed by atoms with E-state index in [2.05, 4.69) is 25.6 Å². The molecule has 0 saturated heterocycles. The van der Waals surface area contributed by atoms with E-state index in [9.17, 15) is 4.79 Å². The van der Waals surface area contributed by atoms with Gasteiger partial charge in [-0.3, -0.25) is 9.78 Å². The Bertz CT molecular complexity index is 1120. The van der Waals surface area contributed by atoms with Crippen molar-refractivity contribution in [1.29, 1.82) is 0 Å². The van der Waals surface area contributed by atoms with Crippen LogP contribution in [0.3, 0.4) is 0 Å². The van der Waals surface area contributed by atoms with E-state index in [1.54, 1.807) is 12.3 Å². The minimum absolute atomic E-state index is 0.248. The van der Waals surface area contributed by atoms with Crippen molar-refractivity contribution >= 4 is 28.3 Å². The number of hydrogen-bond acceptors (Lipinski definition) is 5. The molecule has 0 spiro atoms. The second-order valence-electron chi connectivity index (χ2n) is 6.46. The van der Waals surface area contributed by atoms with Crippen LogP contribution in [0, 0.1) is 6.92 Å². The Kier molecular flexibility index (Phi) is 4.93. The van der Waals surface area contributed by atoms with E-state index < -0.39 is 0 Å². The standard InChI is InChI=1S/C22H19N5O/c1-15-7-9-16(10-8-15)13-24-22(28)19-12-20(26-14-25-19)27-18-6-2-4-17-5-3-11-23-21(17)18/h2-12,14H,13H2,1H3,(H,24,28)(H,25,26,27). The Morgan fingerprint density at radius 2 is 1.79 bits per heavy atom. The van der Waals surface area contributed by atoms with Crippen LogP contribution in [0.5, 0.6) is 0 Å². The average Bonchev–Trinajstić information content (AvgIpc) is 2.74. The molecule has 0 bridgehead atoms. The van der Waals surface area contributed by atoms with Gasteiger partial charge in [-0.2, -0.15) is 0 Å². The number of fused-ring (bicyclic) bond motifs is 1. The molecule has 0 radical (unpaired) electrons. The number of anilines is 2. The fraction of sp³-hybridized carbons (Fsp3) is 0.0909. The highest BCUT2D eigenvalue weighted by Gasteiger charge is 2.10. The van der Waals surface area contributed by atoms with Crippen LogP contribution in [0.2, 0.25) is 0 Å². The second kappa shape index (κ2) is 7.84. The van der Waals surface area contributed by atoms with Crippen molar-refractivity contribution < 1.29 is 4.79 Å². The molecule has 2 heterocycles. The van der Waals surface area contributed by atoms with Crippen molar-refractivity contribution in [2.75, 3.05) is 5.32 Å². The van der Waals surface area contributed by atoms with Gasteiger partial charge in [-0.25, -0.2) is 9.97 Å². The van der Waals surface area contributed by atoms with E-state index in [4.69, 9.17) is 0 Å². The molecule has 138 valence electrons. The lowest BCUT2D eigenvalue weighted by atomic mass is 10.1. The summed E-state index contributed by atoms with van der Waals surface area (Å²) in [6.45, 7) is 2.47. The average molecular weight is 369 g/mol. The van der Waals surface area contributed by atoms with E-state index in [0.29, 0.717) is 18.1 Å². The van der Waals surface area contributed by atoms with E-state index in [1.165, 1.54) is 11.9 Å². The number of hydrogen-bond donors (Lipinski definition) is 2. The Morgan fingerprint density at radius 1 is 0.964 bits per heavy atom. The van der Waals surface area contributed by atoms with Crippen molar-refractivity contribution in [3.8, 4) is 0 Å². The maximum Gasteiger partial charge on any atom is 0.270 e. The summed E-state index contributed by atoms with van der Waals surface area (Å²) < 4.78 is 0. The molecule has 0 aliphatic carbocycles. The smallest absolute Gasteiger partial charge is 0.270 e. The summed E-state index contributed by atoms with van der Waals surface area (Å²) in [4.78, 5) is 25.2. The number of carbonyl (C=O) groups excluding carboxylic acids is 1. The SMILES string of the molecule is Cc1ccc(CNC(=O)c2cc(Nc3cccc4cccnc34)ncn2)cc1. The Hall–Kier alpha value is -3.80. The van der Waals surface area contributed by atoms with Crippen molar-refractivity contribution in [2.45, 2.75) is 13.5 Å². The summed E-state index contributed by atoms with van der Waals surface area (Å²) in [6.07, 6.45) is 3.12. The van der Waals surface area contributed by atoms with E-state index in [1.807, 2.05) is 61.5 Å². The van der Waals surface area contributed by atoms with E-state index in [0.717, 1.165) is 22.2 Å². The van der Waals surface area contributed by atoms with Crippen LogP contribution in [-0.4, -0.2) is 20.9 Å². The molecule has 6 nitrogen and oxygen atoms in total. The highest BCUT2D eigenvalue weighted by atomic mass is 16.1. The number of carbonyl (C=O) groups is 1. The molecule has 28 heavy (non-hydrogen) atoms. The maximum absolute atomic E-state index is 12.5. The minimum atomic E-state index is -0.248. The molecular formula is C22H19N5O. The zero-order valence-electron chi connectivity index (χ0n) is 15.4. The van der Waals surface area contributed by atoms with Gasteiger partial charge in [0.25, 0.3) is 5.91 Å². The number of nitrogens with zero attached hydrogens (tertiary/aromatic N) is 3. The summed E-state index contributed by atoms with van der Waals surface area (Å²) in [6, 6.07) is 19.4. The third kappa shape index (κ3) is 3.96. The number of aromatic nitrogens is 3. The first-order valence-electron chi connectivity index (χ1n) is 8.95. The third-order valence-electron chi connectivity index (χ3n) is 4.37. The quantitative estimate of drug-likeness (QED) is 0.556. The van der Waals surface area contributed by atoms with Crippen LogP contribution in [0.25, 0.3) is 10.9 Å². The van der Waals surface area contributed by atoms with Gasteiger partial charge in [0, 0.05) is 24.2 Å². The molecular weight excluding hydrogens is 350 g/mol. The summed E-state index contributed by atoms with van der Waals surface area (Å²) in [5.74, 6) is 0.288. The summed E-state index contributed by atoms with van der Waals surface area (Å²) in [5.41, 5.74) is 4.19. The summed E-state index contributed by atoms with van der Waals surface area (Å²) in [5, 5.41) is 7.14. The van der Waals surface area contributed by atoms with Crippen molar-refractivity contribution in [3.05, 3.63) is 90.0 Å². The first-order chi connectivity index (χ1) is 13.7. The molecule has 6 heteroatoms. The van der Waals surface area contributed by atoms with E-state index in [-0.39, 0.29) is 5.91 Å². The highest BCUT2D eigenvalue weighted by Crippen LogP contribution is 2.23. The van der Waals surface area contributed by atoms with Crippen LogP contribution in [0.1, 0.15) is 21.6 Å². The number of benzene rings is 2. The molecule has 0 atom stereocenters. The predicted molar refractivity (Wildman–Crippen MR) is 109 cm³/mol. The predicted octanol–water partition coefficient (Wildman–Crippen LogP) is 4.01. The van der Waals surface area contributed by atoms with Gasteiger partial charge >= 0.3 is 0 Å². The molecule has 0 aliphatic heterocycles. The van der Waals surface area contributed by atoms with Gasteiger partial charge in [-0.05, 0) is 24.6 Å². The summed E-state index contributed by atoms with van der Waals surface area (Å²) in [7, 11) is 0. The van der Waals surface area contributed by atoms with Crippen LogP contribution in [0.4, 0.5) is 11.5 Å². The molecule has 1 amide bonds. The van der Waals surface area contributed by atoms with Crippen molar-refractivity contribution in [1.82, 2.24) is 20.3 Å². The molecule has 0 unspecified atom stereocenters. The van der Waals surface area contributed by atoms with Crippen molar-refractivity contribution in [3.63, 3.8) is 0 Å². The van der Waals surface area contributed by atoms with Crippen molar-refractivity contribution in [2.24, 2.45) is 0 Å².